The highest BCUT2D eigenvalue weighted by Gasteiger charge is 2.06. The number of imidazole rings is 1. The van der Waals surface area contributed by atoms with Crippen LogP contribution in [0.3, 0.4) is 0 Å². The second-order valence-electron chi connectivity index (χ2n) is 3.37. The Balaban J connectivity index is 2.27. The van der Waals surface area contributed by atoms with Gasteiger partial charge in [-0.2, -0.15) is 0 Å². The third-order valence-electron chi connectivity index (χ3n) is 2.30. The van der Waals surface area contributed by atoms with Gasteiger partial charge in [-0.05, 0) is 17.7 Å². The first-order valence-corrected chi connectivity index (χ1v) is 5.13. The molecule has 0 aliphatic carbocycles. The minimum atomic E-state index is -0.359. The molecule has 5 heteroatoms. The van der Waals surface area contributed by atoms with E-state index in [1.54, 1.807) is 23.0 Å². The first-order valence-electron chi connectivity index (χ1n) is 4.75. The van der Waals surface area contributed by atoms with Crippen molar-refractivity contribution in [1.82, 2.24) is 9.55 Å². The van der Waals surface area contributed by atoms with Crippen LogP contribution in [0.25, 0.3) is 0 Å². The summed E-state index contributed by atoms with van der Waals surface area (Å²) >= 11 is 5.91. The van der Waals surface area contributed by atoms with E-state index in [0.717, 1.165) is 5.56 Å². The molecule has 0 spiro atoms. The summed E-state index contributed by atoms with van der Waals surface area (Å²) in [5.41, 5.74) is 0.788. The SMILES string of the molecule is OCc1nccn1Cc1ccc(F)cc1Cl. The van der Waals surface area contributed by atoms with E-state index in [1.165, 1.54) is 12.1 Å². The zero-order chi connectivity index (χ0) is 11.5. The van der Waals surface area contributed by atoms with Crippen LogP contribution in [0.4, 0.5) is 4.39 Å². The second-order valence-corrected chi connectivity index (χ2v) is 3.77. The van der Waals surface area contributed by atoms with E-state index in [9.17, 15) is 4.39 Å². The highest BCUT2D eigenvalue weighted by atomic mass is 35.5. The van der Waals surface area contributed by atoms with Crippen LogP contribution >= 0.6 is 11.6 Å². The molecule has 0 aliphatic heterocycles. The third kappa shape index (κ3) is 2.23. The van der Waals surface area contributed by atoms with Gasteiger partial charge < -0.3 is 9.67 Å². The lowest BCUT2D eigenvalue weighted by atomic mass is 10.2. The van der Waals surface area contributed by atoms with E-state index in [-0.39, 0.29) is 12.4 Å². The molecule has 0 saturated carbocycles. The number of benzene rings is 1. The maximum absolute atomic E-state index is 12.8. The molecule has 1 N–H and O–H groups in total. The molecule has 1 aromatic heterocycles. The molecule has 84 valence electrons. The van der Waals surface area contributed by atoms with Crippen molar-refractivity contribution in [3.8, 4) is 0 Å². The Bertz CT molecular complexity index is 498. The number of hydrogen-bond donors (Lipinski definition) is 1. The zero-order valence-corrected chi connectivity index (χ0v) is 9.15. The average molecular weight is 241 g/mol. The van der Waals surface area contributed by atoms with Gasteiger partial charge in [0.05, 0.1) is 6.54 Å². The van der Waals surface area contributed by atoms with Crippen molar-refractivity contribution in [2.45, 2.75) is 13.2 Å². The fourth-order valence-corrected chi connectivity index (χ4v) is 1.70. The molecule has 0 aliphatic rings. The van der Waals surface area contributed by atoms with Crippen molar-refractivity contribution in [3.63, 3.8) is 0 Å². The van der Waals surface area contributed by atoms with Crippen LogP contribution in [0.15, 0.2) is 30.6 Å². The second kappa shape index (κ2) is 4.63. The lowest BCUT2D eigenvalue weighted by Gasteiger charge is -2.07. The van der Waals surface area contributed by atoms with Crippen LogP contribution in [0, 0.1) is 5.82 Å². The van der Waals surface area contributed by atoms with Crippen LogP contribution in [0.2, 0.25) is 5.02 Å². The van der Waals surface area contributed by atoms with E-state index in [2.05, 4.69) is 4.98 Å². The highest BCUT2D eigenvalue weighted by molar-refractivity contribution is 6.31. The fraction of sp³-hybridized carbons (Fsp3) is 0.182. The van der Waals surface area contributed by atoms with E-state index in [0.29, 0.717) is 17.4 Å². The number of rotatable bonds is 3. The largest absolute Gasteiger partial charge is 0.388 e. The maximum Gasteiger partial charge on any atom is 0.134 e. The van der Waals surface area contributed by atoms with Crippen molar-refractivity contribution < 1.29 is 9.50 Å². The zero-order valence-electron chi connectivity index (χ0n) is 8.40. The van der Waals surface area contributed by atoms with Gasteiger partial charge in [0.25, 0.3) is 0 Å². The molecule has 0 bridgehead atoms. The molecular formula is C11H10ClFN2O. The van der Waals surface area contributed by atoms with Crippen molar-refractivity contribution in [1.29, 1.82) is 0 Å². The van der Waals surface area contributed by atoms with E-state index < -0.39 is 0 Å². The molecule has 3 nitrogen and oxygen atoms in total. The van der Waals surface area contributed by atoms with Crippen molar-refractivity contribution in [2.24, 2.45) is 0 Å². The Morgan fingerprint density at radius 3 is 2.94 bits per heavy atom. The number of aliphatic hydroxyl groups is 1. The van der Waals surface area contributed by atoms with Crippen LogP contribution in [0.5, 0.6) is 0 Å². The minimum Gasteiger partial charge on any atom is -0.388 e. The first-order chi connectivity index (χ1) is 7.70. The molecule has 1 heterocycles. The summed E-state index contributed by atoms with van der Waals surface area (Å²) in [4.78, 5) is 3.97. The summed E-state index contributed by atoms with van der Waals surface area (Å²) in [5.74, 6) is 0.196. The number of nitrogens with zero attached hydrogens (tertiary/aromatic N) is 2. The van der Waals surface area contributed by atoms with Crippen LogP contribution in [0.1, 0.15) is 11.4 Å². The van der Waals surface area contributed by atoms with Gasteiger partial charge in [0, 0.05) is 17.4 Å². The smallest absolute Gasteiger partial charge is 0.134 e. The molecule has 0 unspecified atom stereocenters. The number of hydrogen-bond acceptors (Lipinski definition) is 2. The number of halogens is 2. The minimum absolute atomic E-state index is 0.133. The van der Waals surface area contributed by atoms with E-state index >= 15 is 0 Å². The van der Waals surface area contributed by atoms with Gasteiger partial charge in [-0.15, -0.1) is 0 Å². The summed E-state index contributed by atoms with van der Waals surface area (Å²) < 4.78 is 14.6. The summed E-state index contributed by atoms with van der Waals surface area (Å²) in [5, 5.41) is 9.40. The molecule has 1 aromatic carbocycles. The Morgan fingerprint density at radius 1 is 1.44 bits per heavy atom. The summed E-state index contributed by atoms with van der Waals surface area (Å²) in [7, 11) is 0. The molecule has 0 saturated heterocycles. The quantitative estimate of drug-likeness (QED) is 0.893. The molecule has 2 aromatic rings. The molecule has 0 radical (unpaired) electrons. The maximum atomic E-state index is 12.8. The van der Waals surface area contributed by atoms with E-state index in [1.807, 2.05) is 0 Å². The number of aromatic nitrogens is 2. The number of aliphatic hydroxyl groups excluding tert-OH is 1. The third-order valence-corrected chi connectivity index (χ3v) is 2.65. The summed E-state index contributed by atoms with van der Waals surface area (Å²) in [6.07, 6.45) is 3.34. The van der Waals surface area contributed by atoms with Gasteiger partial charge >= 0.3 is 0 Å². The Morgan fingerprint density at radius 2 is 2.25 bits per heavy atom. The topological polar surface area (TPSA) is 38.1 Å². The van der Waals surface area contributed by atoms with Gasteiger partial charge in [0.2, 0.25) is 0 Å². The van der Waals surface area contributed by atoms with Crippen molar-refractivity contribution >= 4 is 11.6 Å². The monoisotopic (exact) mass is 240 g/mol. The summed E-state index contributed by atoms with van der Waals surface area (Å²) in [6, 6.07) is 4.25. The van der Waals surface area contributed by atoms with Crippen LogP contribution in [-0.2, 0) is 13.2 Å². The van der Waals surface area contributed by atoms with E-state index in [4.69, 9.17) is 16.7 Å². The molecule has 0 amide bonds. The first kappa shape index (κ1) is 11.1. The van der Waals surface area contributed by atoms with Crippen molar-refractivity contribution in [3.05, 3.63) is 52.8 Å². The normalized spacial score (nSPS) is 10.7. The highest BCUT2D eigenvalue weighted by Crippen LogP contribution is 2.18. The van der Waals surface area contributed by atoms with Crippen LogP contribution in [-0.4, -0.2) is 14.7 Å². The molecule has 0 atom stereocenters. The van der Waals surface area contributed by atoms with Gasteiger partial charge in [0.1, 0.15) is 18.2 Å². The van der Waals surface area contributed by atoms with Gasteiger partial charge in [-0.25, -0.2) is 9.37 Å². The molecule has 0 fully saturated rings. The van der Waals surface area contributed by atoms with Crippen LogP contribution < -0.4 is 0 Å². The fourth-order valence-electron chi connectivity index (χ4n) is 1.47. The van der Waals surface area contributed by atoms with Crippen molar-refractivity contribution in [2.75, 3.05) is 0 Å². The Kier molecular flexibility index (Phi) is 3.22. The van der Waals surface area contributed by atoms with Gasteiger partial charge in [-0.1, -0.05) is 17.7 Å². The molecule has 2 rings (SSSR count). The predicted molar refractivity (Wildman–Crippen MR) is 58.7 cm³/mol. The van der Waals surface area contributed by atoms with Gasteiger partial charge in [-0.3, -0.25) is 0 Å². The average Bonchev–Trinajstić information content (AvgIpc) is 2.69. The van der Waals surface area contributed by atoms with Gasteiger partial charge in [0.15, 0.2) is 0 Å². The Labute approximate surface area is 97.1 Å². The molecule has 16 heavy (non-hydrogen) atoms. The standard InChI is InChI=1S/C11H10ClFN2O/c12-10-5-9(13)2-1-8(10)6-15-4-3-14-11(15)7-16/h1-5,16H,6-7H2. The Hall–Kier alpha value is -1.39. The lowest BCUT2D eigenvalue weighted by Crippen LogP contribution is -2.04. The summed E-state index contributed by atoms with van der Waals surface area (Å²) in [6.45, 7) is 0.334. The lowest BCUT2D eigenvalue weighted by molar-refractivity contribution is 0.266. The predicted octanol–water partition coefficient (Wildman–Crippen LogP) is 2.22. The molecular weight excluding hydrogens is 231 g/mol.